The smallest absolute Gasteiger partial charge is 0.409 e. The van der Waals surface area contributed by atoms with Crippen molar-refractivity contribution in [2.24, 2.45) is 0 Å². The highest BCUT2D eigenvalue weighted by Crippen LogP contribution is 2.09. The molecule has 7 nitrogen and oxygen atoms in total. The topological polar surface area (TPSA) is 102 Å². The van der Waals surface area contributed by atoms with Gasteiger partial charge in [-0.05, 0) is 31.2 Å². The van der Waals surface area contributed by atoms with Crippen LogP contribution < -0.4 is 5.32 Å². The van der Waals surface area contributed by atoms with Gasteiger partial charge in [-0.1, -0.05) is 0 Å². The highest BCUT2D eigenvalue weighted by molar-refractivity contribution is 6.61. The lowest BCUT2D eigenvalue weighted by atomic mass is 10.1. The van der Waals surface area contributed by atoms with Gasteiger partial charge in [-0.2, -0.15) is 0 Å². The second-order valence-corrected chi connectivity index (χ2v) is 3.95. The number of benzene rings is 1. The molecule has 0 spiro atoms. The summed E-state index contributed by atoms with van der Waals surface area (Å²) in [7, 11) is 1.52. The van der Waals surface area contributed by atoms with Gasteiger partial charge in [0.2, 0.25) is 0 Å². The van der Waals surface area contributed by atoms with Gasteiger partial charge in [0.15, 0.2) is 5.78 Å². The fourth-order valence-electron chi connectivity index (χ4n) is 1.12. The van der Waals surface area contributed by atoms with Crippen molar-refractivity contribution in [2.45, 2.75) is 6.92 Å². The van der Waals surface area contributed by atoms with Crippen LogP contribution in [0.1, 0.15) is 17.3 Å². The molecule has 0 unspecified atom stereocenters. The molecule has 0 aliphatic carbocycles. The zero-order valence-electron chi connectivity index (χ0n) is 11.6. The molecule has 116 valence electrons. The highest BCUT2D eigenvalue weighted by Gasteiger charge is 2.00. The van der Waals surface area contributed by atoms with Crippen LogP contribution in [0.15, 0.2) is 24.3 Å². The average Bonchev–Trinajstić information content (AvgIpc) is 2.39. The van der Waals surface area contributed by atoms with Crippen molar-refractivity contribution in [3.05, 3.63) is 29.8 Å². The summed E-state index contributed by atoms with van der Waals surface area (Å²) in [6, 6.07) is 6.25. The Hall–Kier alpha value is -2.12. The lowest BCUT2D eigenvalue weighted by molar-refractivity contribution is 0.101. The maximum atomic E-state index is 10.8. The number of Topliss-reactive ketones (excluding diaryl/α,β-unsaturated/α-hetero) is 1. The number of carbonyl (C=O) groups is 3. The molecule has 0 aliphatic rings. The molecular weight excluding hydrogens is 302 g/mol. The average molecular weight is 318 g/mol. The van der Waals surface area contributed by atoms with E-state index in [4.69, 9.17) is 16.7 Å². The van der Waals surface area contributed by atoms with Crippen LogP contribution in [-0.4, -0.2) is 42.7 Å². The molecule has 0 atom stereocenters. The van der Waals surface area contributed by atoms with Gasteiger partial charge in [-0.25, -0.2) is 9.59 Å². The van der Waals surface area contributed by atoms with Crippen molar-refractivity contribution in [2.75, 3.05) is 25.6 Å². The number of ether oxygens (including phenoxy) is 2. The maximum absolute atomic E-state index is 10.8. The fourth-order valence-corrected chi connectivity index (χ4v) is 1.19. The van der Waals surface area contributed by atoms with Gasteiger partial charge in [0.05, 0.1) is 6.61 Å². The van der Waals surface area contributed by atoms with E-state index in [1.54, 1.807) is 24.3 Å². The Morgan fingerprint density at radius 3 is 2.14 bits per heavy atom. The number of rotatable bonds is 5. The van der Waals surface area contributed by atoms with Crippen LogP contribution in [0, 0.1) is 0 Å². The predicted octanol–water partition coefficient (Wildman–Crippen LogP) is 2.99. The third-order valence-corrected chi connectivity index (χ3v) is 2.15. The van der Waals surface area contributed by atoms with Crippen LogP contribution in [0.25, 0.3) is 0 Å². The van der Waals surface area contributed by atoms with E-state index in [0.717, 1.165) is 0 Å². The summed E-state index contributed by atoms with van der Waals surface area (Å²) in [5.41, 5.74) is 0.232. The summed E-state index contributed by atoms with van der Waals surface area (Å²) >= 11 is 4.80. The van der Waals surface area contributed by atoms with E-state index >= 15 is 0 Å². The second-order valence-electron chi connectivity index (χ2n) is 3.64. The van der Waals surface area contributed by atoms with Crippen molar-refractivity contribution in [1.82, 2.24) is 0 Å². The molecular formula is C13H16ClNO6. The van der Waals surface area contributed by atoms with Gasteiger partial charge < -0.3 is 14.6 Å². The third kappa shape index (κ3) is 10.3. The Kier molecular flexibility index (Phi) is 9.57. The number of carboxylic acid groups (broad SMARTS) is 1. The number of anilines is 1. The summed E-state index contributed by atoms with van der Waals surface area (Å²) in [4.78, 5) is 30.9. The summed E-state index contributed by atoms with van der Waals surface area (Å²) < 4.78 is 8.84. The molecule has 0 aromatic heterocycles. The zero-order valence-corrected chi connectivity index (χ0v) is 12.3. The minimum atomic E-state index is -1.12. The number of halogens is 1. The molecule has 1 amide bonds. The summed E-state index contributed by atoms with van der Waals surface area (Å²) in [6.07, 6.45) is -1.12. The first-order chi connectivity index (χ1) is 9.86. The number of amides is 1. The highest BCUT2D eigenvalue weighted by atomic mass is 35.5. The molecule has 2 N–H and O–H groups in total. The van der Waals surface area contributed by atoms with Gasteiger partial charge in [0.1, 0.15) is 6.61 Å². The summed E-state index contributed by atoms with van der Waals surface area (Å²) in [6.45, 7) is 2.07. The maximum Gasteiger partial charge on any atom is 0.409 e. The predicted molar refractivity (Wildman–Crippen MR) is 77.2 cm³/mol. The number of hydrogen-bond donors (Lipinski definition) is 2. The van der Waals surface area contributed by atoms with Crippen LogP contribution in [0.5, 0.6) is 0 Å². The molecule has 8 heteroatoms. The Balaban J connectivity index is 0.000000433. The van der Waals surface area contributed by atoms with Gasteiger partial charge >= 0.3 is 11.5 Å². The fraction of sp³-hybridized carbons (Fsp3) is 0.308. The van der Waals surface area contributed by atoms with Crippen molar-refractivity contribution < 1.29 is 29.0 Å². The van der Waals surface area contributed by atoms with Crippen molar-refractivity contribution in [3.8, 4) is 0 Å². The van der Waals surface area contributed by atoms with Gasteiger partial charge in [0, 0.05) is 30.0 Å². The van der Waals surface area contributed by atoms with Crippen molar-refractivity contribution in [3.63, 3.8) is 0 Å². The molecule has 0 saturated carbocycles. The van der Waals surface area contributed by atoms with E-state index < -0.39 is 11.5 Å². The number of nitrogens with one attached hydrogen (secondary N) is 1. The van der Waals surface area contributed by atoms with E-state index in [9.17, 15) is 14.4 Å². The first kappa shape index (κ1) is 18.9. The zero-order chi connectivity index (χ0) is 16.3. The monoisotopic (exact) mass is 317 g/mol. The molecule has 0 heterocycles. The summed E-state index contributed by atoms with van der Waals surface area (Å²) in [5.74, 6) is -0.0399. The van der Waals surface area contributed by atoms with Gasteiger partial charge in [-0.3, -0.25) is 10.1 Å². The van der Waals surface area contributed by atoms with Crippen LogP contribution in [-0.2, 0) is 9.47 Å². The van der Waals surface area contributed by atoms with E-state index in [1.165, 1.54) is 14.0 Å². The van der Waals surface area contributed by atoms with E-state index in [0.29, 0.717) is 17.9 Å². The Morgan fingerprint density at radius 2 is 1.76 bits per heavy atom. The van der Waals surface area contributed by atoms with Crippen LogP contribution in [0.4, 0.5) is 15.3 Å². The first-order valence-electron chi connectivity index (χ1n) is 5.79. The quantitative estimate of drug-likeness (QED) is 0.491. The number of hydrogen-bond acceptors (Lipinski definition) is 5. The molecule has 0 saturated heterocycles. The molecule has 0 radical (unpaired) electrons. The Labute approximate surface area is 126 Å². The first-order valence-corrected chi connectivity index (χ1v) is 6.16. The third-order valence-electron chi connectivity index (χ3n) is 2.05. The SMILES string of the molecule is CC(=O)c1ccc(NC(=O)O)cc1.COCCOC(=O)Cl. The Morgan fingerprint density at radius 1 is 1.19 bits per heavy atom. The normalized spacial score (nSPS) is 9.10. The lowest BCUT2D eigenvalue weighted by Gasteiger charge is -2.00. The molecule has 21 heavy (non-hydrogen) atoms. The largest absolute Gasteiger partial charge is 0.465 e. The molecule has 1 aromatic carbocycles. The van der Waals surface area contributed by atoms with Crippen molar-refractivity contribution in [1.29, 1.82) is 0 Å². The van der Waals surface area contributed by atoms with Gasteiger partial charge in [0.25, 0.3) is 0 Å². The second kappa shape index (κ2) is 10.6. The number of methoxy groups -OCH3 is 1. The minimum Gasteiger partial charge on any atom is -0.465 e. The minimum absolute atomic E-state index is 0.0399. The molecule has 0 aliphatic heterocycles. The van der Waals surface area contributed by atoms with Crippen LogP contribution in [0.3, 0.4) is 0 Å². The van der Waals surface area contributed by atoms with E-state index in [-0.39, 0.29) is 12.4 Å². The number of ketones is 1. The summed E-state index contributed by atoms with van der Waals surface area (Å²) in [5, 5.41) is 10.5. The molecule has 1 aromatic rings. The Bertz CT molecular complexity index is 474. The van der Waals surface area contributed by atoms with E-state index in [1.807, 2.05) is 0 Å². The molecule has 1 rings (SSSR count). The molecule has 0 bridgehead atoms. The molecule has 0 fully saturated rings. The van der Waals surface area contributed by atoms with Crippen LogP contribution >= 0.6 is 11.6 Å². The standard InChI is InChI=1S/C9H9NO3.C4H7ClO3/c1-6(11)7-2-4-8(5-3-7)10-9(12)13;1-7-2-3-8-4(5)6/h2-5,10H,1H3,(H,12,13);2-3H2,1H3. The van der Waals surface area contributed by atoms with Gasteiger partial charge in [-0.15, -0.1) is 0 Å². The van der Waals surface area contributed by atoms with Crippen molar-refractivity contribution >= 4 is 34.6 Å². The van der Waals surface area contributed by atoms with E-state index in [2.05, 4.69) is 14.8 Å². The lowest BCUT2D eigenvalue weighted by Crippen LogP contribution is -2.07. The van der Waals surface area contributed by atoms with Crippen LogP contribution in [0.2, 0.25) is 0 Å². The number of carbonyl (C=O) groups excluding carboxylic acids is 2.